The molecule has 6 nitrogen and oxygen atoms in total. The highest BCUT2D eigenvalue weighted by Crippen LogP contribution is 2.29. The van der Waals surface area contributed by atoms with Gasteiger partial charge in [0.05, 0.1) is 12.3 Å². The molecule has 0 unspecified atom stereocenters. The zero-order valence-corrected chi connectivity index (χ0v) is 17.1. The van der Waals surface area contributed by atoms with Gasteiger partial charge in [0.25, 0.3) is 0 Å². The molecule has 2 heterocycles. The van der Waals surface area contributed by atoms with Gasteiger partial charge in [0.15, 0.2) is 0 Å². The Hall–Kier alpha value is -3.00. The van der Waals surface area contributed by atoms with Gasteiger partial charge in [-0.2, -0.15) is 4.98 Å². The maximum absolute atomic E-state index is 13.0. The summed E-state index contributed by atoms with van der Waals surface area (Å²) in [6, 6.07) is 9.79. The summed E-state index contributed by atoms with van der Waals surface area (Å²) in [5, 5.41) is 3.46. The molecule has 1 N–H and O–H groups in total. The maximum Gasteiger partial charge on any atom is 0.349 e. The van der Waals surface area contributed by atoms with Crippen LogP contribution in [0.4, 0.5) is 4.39 Å². The van der Waals surface area contributed by atoms with Gasteiger partial charge in [-0.25, -0.2) is 9.18 Å². The van der Waals surface area contributed by atoms with Crippen molar-refractivity contribution in [2.24, 2.45) is 0 Å². The number of pyridine rings is 1. The standard InChI is InChI=1S/C22H21FN4O2S/c23-17-6-4-15(5-7-17)12-25-20(28)14-30-21-18-2-1-3-19(18)27(22(29)26-21)13-16-8-10-24-11-9-16/h4-11H,1-3,12-14H2,(H,25,28). The minimum Gasteiger partial charge on any atom is -0.351 e. The van der Waals surface area contributed by atoms with Crippen molar-refractivity contribution in [2.45, 2.75) is 37.4 Å². The third-order valence-electron chi connectivity index (χ3n) is 5.03. The zero-order chi connectivity index (χ0) is 20.9. The average molecular weight is 425 g/mol. The molecule has 30 heavy (non-hydrogen) atoms. The van der Waals surface area contributed by atoms with E-state index in [-0.39, 0.29) is 23.2 Å². The first kappa shape index (κ1) is 20.3. The molecule has 1 aliphatic carbocycles. The van der Waals surface area contributed by atoms with E-state index in [0.717, 1.165) is 41.6 Å². The van der Waals surface area contributed by atoms with Crippen LogP contribution < -0.4 is 11.0 Å². The SMILES string of the molecule is O=C(CSc1nc(=O)n(Cc2ccncc2)c2c1CCC2)NCc1ccc(F)cc1. The van der Waals surface area contributed by atoms with Gasteiger partial charge in [-0.3, -0.25) is 14.3 Å². The zero-order valence-electron chi connectivity index (χ0n) is 16.3. The molecule has 1 aliphatic rings. The Morgan fingerprint density at radius 1 is 1.10 bits per heavy atom. The Labute approximate surface area is 177 Å². The lowest BCUT2D eigenvalue weighted by atomic mass is 10.2. The molecule has 0 bridgehead atoms. The highest BCUT2D eigenvalue weighted by Gasteiger charge is 2.22. The van der Waals surface area contributed by atoms with E-state index in [0.29, 0.717) is 18.1 Å². The number of aromatic nitrogens is 3. The van der Waals surface area contributed by atoms with Crippen LogP contribution in [-0.4, -0.2) is 26.2 Å². The molecule has 1 amide bonds. The third-order valence-corrected chi connectivity index (χ3v) is 6.05. The van der Waals surface area contributed by atoms with Crippen molar-refractivity contribution in [3.05, 3.63) is 87.5 Å². The third kappa shape index (κ3) is 4.76. The molecule has 0 radical (unpaired) electrons. The topological polar surface area (TPSA) is 76.9 Å². The summed E-state index contributed by atoms with van der Waals surface area (Å²) in [4.78, 5) is 33.2. The number of fused-ring (bicyclic) bond motifs is 1. The second-order valence-corrected chi connectivity index (χ2v) is 8.08. The van der Waals surface area contributed by atoms with Crippen LogP contribution in [0, 0.1) is 5.82 Å². The Morgan fingerprint density at radius 2 is 1.87 bits per heavy atom. The fraction of sp³-hybridized carbons (Fsp3) is 0.273. The summed E-state index contributed by atoms with van der Waals surface area (Å²) in [7, 11) is 0. The Kier molecular flexibility index (Phi) is 6.23. The molecule has 0 saturated carbocycles. The molecule has 0 aliphatic heterocycles. The second-order valence-electron chi connectivity index (χ2n) is 7.11. The lowest BCUT2D eigenvalue weighted by Crippen LogP contribution is -2.28. The van der Waals surface area contributed by atoms with Crippen molar-refractivity contribution < 1.29 is 9.18 Å². The van der Waals surface area contributed by atoms with Crippen LogP contribution >= 0.6 is 11.8 Å². The number of nitrogens with one attached hydrogen (secondary N) is 1. The van der Waals surface area contributed by atoms with Crippen molar-refractivity contribution in [3.63, 3.8) is 0 Å². The van der Waals surface area contributed by atoms with E-state index >= 15 is 0 Å². The molecular weight excluding hydrogens is 403 g/mol. The van der Waals surface area contributed by atoms with Crippen molar-refractivity contribution in [1.29, 1.82) is 0 Å². The quantitative estimate of drug-likeness (QED) is 0.466. The molecule has 154 valence electrons. The molecule has 0 atom stereocenters. The molecule has 0 fully saturated rings. The Balaban J connectivity index is 1.42. The number of halogens is 1. The van der Waals surface area contributed by atoms with Gasteiger partial charge >= 0.3 is 5.69 Å². The minimum absolute atomic E-state index is 0.154. The lowest BCUT2D eigenvalue weighted by molar-refractivity contribution is -0.118. The molecule has 0 spiro atoms. The van der Waals surface area contributed by atoms with Gasteiger partial charge in [-0.05, 0) is 54.7 Å². The molecular formula is C22H21FN4O2S. The first-order valence-corrected chi connectivity index (χ1v) is 10.7. The van der Waals surface area contributed by atoms with Crippen LogP contribution in [0.2, 0.25) is 0 Å². The van der Waals surface area contributed by atoms with Crippen LogP contribution in [0.3, 0.4) is 0 Å². The lowest BCUT2D eigenvalue weighted by Gasteiger charge is -2.14. The first-order chi connectivity index (χ1) is 14.6. The number of amides is 1. The Bertz CT molecular complexity index is 1100. The van der Waals surface area contributed by atoms with Gasteiger partial charge in [0, 0.05) is 30.2 Å². The smallest absolute Gasteiger partial charge is 0.349 e. The fourth-order valence-corrected chi connectivity index (χ4v) is 4.43. The number of hydrogen-bond acceptors (Lipinski definition) is 5. The van der Waals surface area contributed by atoms with E-state index < -0.39 is 0 Å². The van der Waals surface area contributed by atoms with Gasteiger partial charge in [-0.1, -0.05) is 23.9 Å². The second kappa shape index (κ2) is 9.21. The maximum atomic E-state index is 13.0. The van der Waals surface area contributed by atoms with Crippen molar-refractivity contribution >= 4 is 17.7 Å². The minimum atomic E-state index is -0.306. The van der Waals surface area contributed by atoms with Crippen LogP contribution in [0.25, 0.3) is 0 Å². The molecule has 2 aromatic heterocycles. The number of benzene rings is 1. The fourth-order valence-electron chi connectivity index (χ4n) is 3.53. The number of carbonyl (C=O) groups excluding carboxylic acids is 1. The predicted octanol–water partition coefficient (Wildman–Crippen LogP) is 2.72. The number of hydrogen-bond donors (Lipinski definition) is 1. The van der Waals surface area contributed by atoms with Crippen molar-refractivity contribution in [1.82, 2.24) is 19.9 Å². The van der Waals surface area contributed by atoms with E-state index in [1.807, 2.05) is 12.1 Å². The molecule has 4 rings (SSSR count). The van der Waals surface area contributed by atoms with Crippen molar-refractivity contribution in [3.8, 4) is 0 Å². The number of thioether (sulfide) groups is 1. The average Bonchev–Trinajstić information content (AvgIpc) is 3.25. The van der Waals surface area contributed by atoms with Gasteiger partial charge in [0.2, 0.25) is 5.91 Å². The summed E-state index contributed by atoms with van der Waals surface area (Å²) >= 11 is 1.29. The summed E-state index contributed by atoms with van der Waals surface area (Å²) in [6.45, 7) is 0.804. The summed E-state index contributed by atoms with van der Waals surface area (Å²) in [5.41, 5.74) is 3.62. The molecule has 1 aromatic carbocycles. The summed E-state index contributed by atoms with van der Waals surface area (Å²) < 4.78 is 14.7. The largest absolute Gasteiger partial charge is 0.351 e. The van der Waals surface area contributed by atoms with Gasteiger partial charge in [-0.15, -0.1) is 0 Å². The molecule has 8 heteroatoms. The normalized spacial score (nSPS) is 12.6. The first-order valence-electron chi connectivity index (χ1n) is 9.75. The van der Waals surface area contributed by atoms with Crippen LogP contribution in [-0.2, 0) is 30.7 Å². The Morgan fingerprint density at radius 3 is 2.63 bits per heavy atom. The number of rotatable bonds is 7. The molecule has 0 saturated heterocycles. The van der Waals surface area contributed by atoms with Crippen LogP contribution in [0.15, 0.2) is 58.6 Å². The van der Waals surface area contributed by atoms with E-state index in [1.54, 1.807) is 29.1 Å². The number of carbonyl (C=O) groups is 1. The van der Waals surface area contributed by atoms with E-state index in [4.69, 9.17) is 0 Å². The highest BCUT2D eigenvalue weighted by atomic mass is 32.2. The van der Waals surface area contributed by atoms with Gasteiger partial charge in [0.1, 0.15) is 10.8 Å². The highest BCUT2D eigenvalue weighted by molar-refractivity contribution is 7.99. The van der Waals surface area contributed by atoms with Gasteiger partial charge < -0.3 is 5.32 Å². The van der Waals surface area contributed by atoms with Crippen LogP contribution in [0.5, 0.6) is 0 Å². The van der Waals surface area contributed by atoms with E-state index in [1.165, 1.54) is 23.9 Å². The summed E-state index contributed by atoms with van der Waals surface area (Å²) in [5.74, 6) is -0.285. The van der Waals surface area contributed by atoms with E-state index in [9.17, 15) is 14.0 Å². The van der Waals surface area contributed by atoms with Crippen molar-refractivity contribution in [2.75, 3.05) is 5.75 Å². The number of nitrogens with zero attached hydrogens (tertiary/aromatic N) is 3. The van der Waals surface area contributed by atoms with Crippen LogP contribution in [0.1, 0.15) is 28.8 Å². The van der Waals surface area contributed by atoms with E-state index in [2.05, 4.69) is 15.3 Å². The predicted molar refractivity (Wildman–Crippen MR) is 113 cm³/mol. The summed E-state index contributed by atoms with van der Waals surface area (Å²) in [6.07, 6.45) is 6.09. The monoisotopic (exact) mass is 424 g/mol. The molecule has 3 aromatic rings.